The minimum absolute atomic E-state index is 0.0889. The van der Waals surface area contributed by atoms with Crippen LogP contribution >= 0.6 is 43.5 Å². The number of carbonyl (C=O) groups is 4. The van der Waals surface area contributed by atoms with Crippen LogP contribution in [0.15, 0.2) is 18.2 Å². The van der Waals surface area contributed by atoms with E-state index in [0.717, 1.165) is 4.90 Å². The van der Waals surface area contributed by atoms with Crippen molar-refractivity contribution in [3.05, 3.63) is 28.8 Å². The highest BCUT2D eigenvalue weighted by Gasteiger charge is 2.52. The first kappa shape index (κ1) is 22.2. The molecule has 1 aliphatic heterocycles. The standard InChI is InChI=1S/C19H19Br2ClN2O5/c1-9-14(22)3-2-4-15(9)23-16(25)8-29-17(26)7-24-18(27)10-5-12(20)13(21)6-11(10)19(24)28/h2-4,10-13H,5-8H2,1H3,(H,23,25)/t10-,11+,12-,13-/m0/s1. The maximum absolute atomic E-state index is 12.6. The predicted octanol–water partition coefficient (Wildman–Crippen LogP) is 3.05. The first-order valence-electron chi connectivity index (χ1n) is 9.03. The Bertz CT molecular complexity index is 837. The molecule has 29 heavy (non-hydrogen) atoms. The number of ether oxygens (including phenoxy) is 1. The number of amides is 3. The van der Waals surface area contributed by atoms with Crippen molar-refractivity contribution < 1.29 is 23.9 Å². The van der Waals surface area contributed by atoms with Gasteiger partial charge in [0.15, 0.2) is 6.61 Å². The van der Waals surface area contributed by atoms with Gasteiger partial charge in [0.2, 0.25) is 11.8 Å². The third-order valence-corrected chi connectivity index (χ3v) is 8.34. The van der Waals surface area contributed by atoms with Crippen LogP contribution in [0.3, 0.4) is 0 Å². The van der Waals surface area contributed by atoms with E-state index in [9.17, 15) is 19.2 Å². The zero-order chi connectivity index (χ0) is 21.3. The number of hydrogen-bond donors (Lipinski definition) is 1. The smallest absolute Gasteiger partial charge is 0.326 e. The summed E-state index contributed by atoms with van der Waals surface area (Å²) in [6.45, 7) is 0.734. The van der Waals surface area contributed by atoms with Crippen LogP contribution < -0.4 is 5.32 Å². The summed E-state index contributed by atoms with van der Waals surface area (Å²) in [4.78, 5) is 50.4. The van der Waals surface area contributed by atoms with Gasteiger partial charge in [-0.1, -0.05) is 49.5 Å². The number of nitrogens with one attached hydrogen (secondary N) is 1. The van der Waals surface area contributed by atoms with Gasteiger partial charge in [0.05, 0.1) is 11.8 Å². The molecule has 1 saturated heterocycles. The van der Waals surface area contributed by atoms with Gasteiger partial charge >= 0.3 is 5.97 Å². The lowest BCUT2D eigenvalue weighted by Gasteiger charge is -2.29. The Kier molecular flexibility index (Phi) is 7.01. The summed E-state index contributed by atoms with van der Waals surface area (Å²) in [5.74, 6) is -2.93. The van der Waals surface area contributed by atoms with Crippen LogP contribution in [0.5, 0.6) is 0 Å². The molecular weight excluding hydrogens is 531 g/mol. The van der Waals surface area contributed by atoms with Gasteiger partial charge in [-0.2, -0.15) is 0 Å². The van der Waals surface area contributed by atoms with Gasteiger partial charge in [-0.05, 0) is 37.5 Å². The maximum Gasteiger partial charge on any atom is 0.326 e. The molecule has 0 unspecified atom stereocenters. The zero-order valence-corrected chi connectivity index (χ0v) is 19.4. The fourth-order valence-corrected chi connectivity index (χ4v) is 4.98. The van der Waals surface area contributed by atoms with E-state index in [1.54, 1.807) is 25.1 Å². The van der Waals surface area contributed by atoms with E-state index in [1.807, 2.05) is 0 Å². The molecular formula is C19H19Br2ClN2O5. The molecule has 1 aliphatic carbocycles. The second kappa shape index (κ2) is 9.14. The van der Waals surface area contributed by atoms with Gasteiger partial charge in [0.1, 0.15) is 6.54 Å². The fraction of sp³-hybridized carbons (Fsp3) is 0.474. The molecule has 2 aliphatic rings. The Labute approximate surface area is 189 Å². The summed E-state index contributed by atoms with van der Waals surface area (Å²) in [7, 11) is 0. The minimum Gasteiger partial charge on any atom is -0.454 e. The molecule has 2 fully saturated rings. The number of likely N-dealkylation sites (tertiary alicyclic amines) is 1. The van der Waals surface area contributed by atoms with Gasteiger partial charge in [-0.15, -0.1) is 0 Å². The minimum atomic E-state index is -0.811. The third-order valence-electron chi connectivity index (χ3n) is 5.20. The Morgan fingerprint density at radius 3 is 2.34 bits per heavy atom. The first-order valence-corrected chi connectivity index (χ1v) is 11.2. The second-order valence-electron chi connectivity index (χ2n) is 7.10. The van der Waals surface area contributed by atoms with E-state index in [4.69, 9.17) is 16.3 Å². The summed E-state index contributed by atoms with van der Waals surface area (Å²) in [6.07, 6.45) is 1.05. The second-order valence-corrected chi connectivity index (χ2v) is 9.86. The predicted molar refractivity (Wildman–Crippen MR) is 114 cm³/mol. The van der Waals surface area contributed by atoms with Crippen molar-refractivity contribution >= 4 is 72.8 Å². The molecule has 1 aromatic rings. The van der Waals surface area contributed by atoms with Gasteiger partial charge < -0.3 is 10.1 Å². The average molecular weight is 551 g/mol. The lowest BCUT2D eigenvalue weighted by Crippen LogP contribution is -2.37. The molecule has 3 amide bonds. The van der Waals surface area contributed by atoms with Crippen LogP contribution in [-0.2, 0) is 23.9 Å². The van der Waals surface area contributed by atoms with E-state index < -0.39 is 36.9 Å². The highest BCUT2D eigenvalue weighted by molar-refractivity contribution is 9.12. The number of alkyl halides is 2. The number of esters is 1. The fourth-order valence-electron chi connectivity index (χ4n) is 3.57. The number of carbonyl (C=O) groups excluding carboxylic acids is 4. The van der Waals surface area contributed by atoms with Gasteiger partial charge in [0.25, 0.3) is 5.91 Å². The number of imide groups is 1. The molecule has 0 radical (unpaired) electrons. The monoisotopic (exact) mass is 548 g/mol. The molecule has 1 N–H and O–H groups in total. The van der Waals surface area contributed by atoms with E-state index in [-0.39, 0.29) is 21.5 Å². The van der Waals surface area contributed by atoms with Crippen LogP contribution in [-0.4, -0.2) is 51.4 Å². The van der Waals surface area contributed by atoms with Crippen molar-refractivity contribution in [3.63, 3.8) is 0 Å². The topological polar surface area (TPSA) is 92.8 Å². The summed E-state index contributed by atoms with van der Waals surface area (Å²) < 4.78 is 4.95. The van der Waals surface area contributed by atoms with E-state index in [1.165, 1.54) is 0 Å². The number of nitrogens with zero attached hydrogens (tertiary/aromatic N) is 1. The van der Waals surface area contributed by atoms with Crippen molar-refractivity contribution in [1.29, 1.82) is 0 Å². The molecule has 0 spiro atoms. The summed E-state index contributed by atoms with van der Waals surface area (Å²) in [5, 5.41) is 3.11. The highest BCUT2D eigenvalue weighted by atomic mass is 79.9. The van der Waals surface area contributed by atoms with Crippen molar-refractivity contribution in [2.24, 2.45) is 11.8 Å². The molecule has 10 heteroatoms. The third kappa shape index (κ3) is 4.83. The lowest BCUT2D eigenvalue weighted by atomic mass is 9.81. The Balaban J connectivity index is 1.53. The van der Waals surface area contributed by atoms with Crippen molar-refractivity contribution in [1.82, 2.24) is 4.90 Å². The summed E-state index contributed by atoms with van der Waals surface area (Å²) in [6, 6.07) is 5.07. The van der Waals surface area contributed by atoms with E-state index in [0.29, 0.717) is 29.1 Å². The largest absolute Gasteiger partial charge is 0.454 e. The van der Waals surface area contributed by atoms with Gasteiger partial charge in [-0.3, -0.25) is 24.1 Å². The molecule has 3 rings (SSSR count). The normalized spacial score (nSPS) is 26.3. The van der Waals surface area contributed by atoms with Crippen molar-refractivity contribution in [2.45, 2.75) is 29.4 Å². The van der Waals surface area contributed by atoms with E-state index >= 15 is 0 Å². The lowest BCUT2D eigenvalue weighted by molar-refractivity contribution is -0.154. The molecule has 7 nitrogen and oxygen atoms in total. The quantitative estimate of drug-likeness (QED) is 0.346. The Morgan fingerprint density at radius 2 is 1.76 bits per heavy atom. The molecule has 156 valence electrons. The van der Waals surface area contributed by atoms with Crippen LogP contribution in [0.25, 0.3) is 0 Å². The number of benzene rings is 1. The van der Waals surface area contributed by atoms with Crippen LogP contribution in [0.1, 0.15) is 18.4 Å². The number of rotatable bonds is 5. The molecule has 0 aromatic heterocycles. The number of fused-ring (bicyclic) bond motifs is 1. The zero-order valence-electron chi connectivity index (χ0n) is 15.5. The Hall–Kier alpha value is -1.45. The van der Waals surface area contributed by atoms with Crippen LogP contribution in [0.2, 0.25) is 5.02 Å². The number of anilines is 1. The number of hydrogen-bond acceptors (Lipinski definition) is 5. The maximum atomic E-state index is 12.6. The molecule has 1 saturated carbocycles. The Morgan fingerprint density at radius 1 is 1.17 bits per heavy atom. The molecule has 1 heterocycles. The van der Waals surface area contributed by atoms with Crippen LogP contribution in [0, 0.1) is 18.8 Å². The van der Waals surface area contributed by atoms with Gasteiger partial charge in [0, 0.05) is 20.4 Å². The van der Waals surface area contributed by atoms with Crippen molar-refractivity contribution in [2.75, 3.05) is 18.5 Å². The molecule has 0 bridgehead atoms. The molecule has 1 aromatic carbocycles. The number of halogens is 3. The van der Waals surface area contributed by atoms with Crippen LogP contribution in [0.4, 0.5) is 5.69 Å². The van der Waals surface area contributed by atoms with Crippen molar-refractivity contribution in [3.8, 4) is 0 Å². The molecule has 4 atom stereocenters. The summed E-state index contributed by atoms with van der Waals surface area (Å²) in [5.41, 5.74) is 1.21. The SMILES string of the molecule is Cc1c(Cl)cccc1NC(=O)COC(=O)CN1C(=O)[C@H]2C[C@H](Br)[C@@H](Br)C[C@H]2C1=O. The summed E-state index contributed by atoms with van der Waals surface area (Å²) >= 11 is 13.0. The highest BCUT2D eigenvalue weighted by Crippen LogP contribution is 2.43. The first-order chi connectivity index (χ1) is 13.7. The van der Waals surface area contributed by atoms with E-state index in [2.05, 4.69) is 37.2 Å². The average Bonchev–Trinajstić information content (AvgIpc) is 2.89. The van der Waals surface area contributed by atoms with Gasteiger partial charge in [-0.25, -0.2) is 0 Å².